The highest BCUT2D eigenvalue weighted by molar-refractivity contribution is 6.33. The summed E-state index contributed by atoms with van der Waals surface area (Å²) in [7, 11) is 1.38. The van der Waals surface area contributed by atoms with Crippen molar-refractivity contribution in [1.29, 1.82) is 0 Å². The molecular formula is C37H33ClN4O2. The van der Waals surface area contributed by atoms with E-state index in [9.17, 15) is 4.79 Å². The molecule has 0 aliphatic carbocycles. The van der Waals surface area contributed by atoms with Gasteiger partial charge in [0.05, 0.1) is 18.2 Å². The van der Waals surface area contributed by atoms with Crippen LogP contribution < -0.4 is 10.6 Å². The Labute approximate surface area is 262 Å². The standard InChI is InChI=1S/C37H33ClN4O2/c1-44-37(43)29-12-14-31-33-24-40-19-17-32(33)36(42-35(31)22-29)41-20-16-26-9-7-25(8-10-26)15-18-39-23-27-11-13-30(34(38)21-27)28-5-3-2-4-6-28/h2-14,17,19,21-22,24,39H,15-16,18,20,23H2,1H3,(H,41,42). The molecule has 7 heteroatoms. The van der Waals surface area contributed by atoms with Crippen LogP contribution in [0, 0.1) is 0 Å². The van der Waals surface area contributed by atoms with E-state index in [1.807, 2.05) is 42.6 Å². The Morgan fingerprint density at radius 2 is 1.55 bits per heavy atom. The second-order valence-corrected chi connectivity index (χ2v) is 11.1. The van der Waals surface area contributed by atoms with E-state index >= 15 is 0 Å². The summed E-state index contributed by atoms with van der Waals surface area (Å²) < 4.78 is 4.89. The Kier molecular flexibility index (Phi) is 9.11. The van der Waals surface area contributed by atoms with E-state index in [2.05, 4.69) is 64.1 Å². The molecule has 6 aromatic rings. The predicted molar refractivity (Wildman–Crippen MR) is 179 cm³/mol. The second-order valence-electron chi connectivity index (χ2n) is 10.7. The zero-order valence-corrected chi connectivity index (χ0v) is 25.3. The van der Waals surface area contributed by atoms with Crippen molar-refractivity contribution < 1.29 is 9.53 Å². The van der Waals surface area contributed by atoms with Crippen molar-refractivity contribution in [3.8, 4) is 11.1 Å². The molecule has 2 N–H and O–H groups in total. The molecule has 0 saturated carbocycles. The van der Waals surface area contributed by atoms with Gasteiger partial charge in [0.1, 0.15) is 5.82 Å². The van der Waals surface area contributed by atoms with E-state index in [-0.39, 0.29) is 5.97 Å². The van der Waals surface area contributed by atoms with Crippen molar-refractivity contribution in [2.24, 2.45) is 0 Å². The number of methoxy groups -OCH3 is 1. The minimum atomic E-state index is -0.382. The van der Waals surface area contributed by atoms with Crippen molar-refractivity contribution in [3.05, 3.63) is 137 Å². The molecule has 0 fully saturated rings. The minimum Gasteiger partial charge on any atom is -0.465 e. The summed E-state index contributed by atoms with van der Waals surface area (Å²) in [6, 6.07) is 32.7. The first-order chi connectivity index (χ1) is 21.6. The lowest BCUT2D eigenvalue weighted by Gasteiger charge is -2.12. The summed E-state index contributed by atoms with van der Waals surface area (Å²) in [5, 5.41) is 10.7. The van der Waals surface area contributed by atoms with Crippen LogP contribution >= 0.6 is 11.6 Å². The van der Waals surface area contributed by atoms with E-state index in [0.29, 0.717) is 5.56 Å². The Morgan fingerprint density at radius 1 is 0.795 bits per heavy atom. The number of hydrogen-bond acceptors (Lipinski definition) is 6. The monoisotopic (exact) mass is 600 g/mol. The number of benzene rings is 4. The maximum Gasteiger partial charge on any atom is 0.337 e. The number of halogens is 1. The Morgan fingerprint density at radius 3 is 2.30 bits per heavy atom. The number of pyridine rings is 2. The fraction of sp³-hybridized carbons (Fsp3) is 0.162. The lowest BCUT2D eigenvalue weighted by Crippen LogP contribution is -2.16. The van der Waals surface area contributed by atoms with Crippen molar-refractivity contribution in [3.63, 3.8) is 0 Å². The van der Waals surface area contributed by atoms with Gasteiger partial charge in [0.2, 0.25) is 0 Å². The van der Waals surface area contributed by atoms with Gasteiger partial charge in [-0.15, -0.1) is 0 Å². The summed E-state index contributed by atoms with van der Waals surface area (Å²) in [6.07, 6.45) is 5.41. The highest BCUT2D eigenvalue weighted by Crippen LogP contribution is 2.30. The number of carbonyl (C=O) groups excluding carboxylic acids is 1. The van der Waals surface area contributed by atoms with Crippen LogP contribution in [0.15, 0.2) is 109 Å². The molecule has 0 bridgehead atoms. The Hall–Kier alpha value is -4.78. The number of carbonyl (C=O) groups is 1. The quantitative estimate of drug-likeness (QED) is 0.0895. The van der Waals surface area contributed by atoms with E-state index < -0.39 is 0 Å². The lowest BCUT2D eigenvalue weighted by atomic mass is 10.0. The van der Waals surface area contributed by atoms with Gasteiger partial charge in [0, 0.05) is 52.2 Å². The fourth-order valence-electron chi connectivity index (χ4n) is 5.41. The minimum absolute atomic E-state index is 0.382. The molecule has 0 saturated heterocycles. The van der Waals surface area contributed by atoms with Crippen LogP contribution in [0.25, 0.3) is 32.8 Å². The van der Waals surface area contributed by atoms with Crippen LogP contribution in [0.4, 0.5) is 5.82 Å². The van der Waals surface area contributed by atoms with Crippen LogP contribution in [0.1, 0.15) is 27.0 Å². The number of anilines is 1. The summed E-state index contributed by atoms with van der Waals surface area (Å²) in [6.45, 7) is 2.38. The van der Waals surface area contributed by atoms with Gasteiger partial charge in [-0.1, -0.05) is 84.4 Å². The molecule has 0 aliphatic rings. The average Bonchev–Trinajstić information content (AvgIpc) is 3.07. The van der Waals surface area contributed by atoms with E-state index in [4.69, 9.17) is 21.3 Å². The molecule has 0 radical (unpaired) electrons. The molecule has 6 rings (SSSR count). The van der Waals surface area contributed by atoms with Gasteiger partial charge >= 0.3 is 5.97 Å². The molecule has 0 amide bonds. The molecule has 0 unspecified atom stereocenters. The van der Waals surface area contributed by atoms with Gasteiger partial charge in [-0.3, -0.25) is 4.98 Å². The first-order valence-corrected chi connectivity index (χ1v) is 15.1. The first kappa shape index (κ1) is 29.3. The smallest absolute Gasteiger partial charge is 0.337 e. The van der Waals surface area contributed by atoms with Crippen molar-refractivity contribution in [2.45, 2.75) is 19.4 Å². The normalized spacial score (nSPS) is 11.1. The largest absolute Gasteiger partial charge is 0.465 e. The molecule has 6 nitrogen and oxygen atoms in total. The topological polar surface area (TPSA) is 76.1 Å². The molecule has 220 valence electrons. The highest BCUT2D eigenvalue weighted by atomic mass is 35.5. The first-order valence-electron chi connectivity index (χ1n) is 14.7. The predicted octanol–water partition coefficient (Wildman–Crippen LogP) is 7.88. The van der Waals surface area contributed by atoms with Crippen LogP contribution in [0.5, 0.6) is 0 Å². The van der Waals surface area contributed by atoms with Crippen molar-refractivity contribution >= 4 is 45.1 Å². The van der Waals surface area contributed by atoms with Crippen LogP contribution in [-0.4, -0.2) is 36.1 Å². The molecule has 0 atom stereocenters. The lowest BCUT2D eigenvalue weighted by molar-refractivity contribution is 0.0601. The molecule has 4 aromatic carbocycles. The van der Waals surface area contributed by atoms with E-state index in [1.165, 1.54) is 23.8 Å². The molecule has 2 aromatic heterocycles. The number of fused-ring (bicyclic) bond motifs is 3. The number of hydrogen-bond donors (Lipinski definition) is 2. The number of nitrogens with one attached hydrogen (secondary N) is 2. The highest BCUT2D eigenvalue weighted by Gasteiger charge is 2.12. The molecule has 44 heavy (non-hydrogen) atoms. The third-order valence-electron chi connectivity index (χ3n) is 7.78. The molecule has 0 spiro atoms. The van der Waals surface area contributed by atoms with Crippen LogP contribution in [-0.2, 0) is 24.1 Å². The van der Waals surface area contributed by atoms with Gasteiger partial charge in [-0.2, -0.15) is 0 Å². The SMILES string of the molecule is COC(=O)c1ccc2c(c1)nc(NCCc1ccc(CCNCc3ccc(-c4ccccc4)c(Cl)c3)cc1)c1ccncc12. The zero-order chi connectivity index (χ0) is 30.3. The Balaban J connectivity index is 1.02. The van der Waals surface area contributed by atoms with Crippen molar-refractivity contribution in [1.82, 2.24) is 15.3 Å². The second kappa shape index (κ2) is 13.7. The van der Waals surface area contributed by atoms with Gasteiger partial charge in [0.15, 0.2) is 0 Å². The van der Waals surface area contributed by atoms with Gasteiger partial charge in [-0.25, -0.2) is 9.78 Å². The summed E-state index contributed by atoms with van der Waals surface area (Å²) >= 11 is 6.57. The maximum absolute atomic E-state index is 12.1. The van der Waals surface area contributed by atoms with Crippen LogP contribution in [0.3, 0.4) is 0 Å². The third-order valence-corrected chi connectivity index (χ3v) is 8.10. The Bertz CT molecular complexity index is 1910. The molecule has 2 heterocycles. The number of ether oxygens (including phenoxy) is 1. The van der Waals surface area contributed by atoms with Gasteiger partial charge < -0.3 is 15.4 Å². The molecular weight excluding hydrogens is 568 g/mol. The van der Waals surface area contributed by atoms with Gasteiger partial charge in [-0.05, 0) is 65.9 Å². The fourth-order valence-corrected chi connectivity index (χ4v) is 5.72. The van der Waals surface area contributed by atoms with E-state index in [1.54, 1.807) is 18.3 Å². The number of rotatable bonds is 11. The zero-order valence-electron chi connectivity index (χ0n) is 24.5. The van der Waals surface area contributed by atoms with Crippen molar-refractivity contribution in [2.75, 3.05) is 25.5 Å². The van der Waals surface area contributed by atoms with Gasteiger partial charge in [0.25, 0.3) is 0 Å². The average molecular weight is 601 g/mol. The summed E-state index contributed by atoms with van der Waals surface area (Å²) in [5.74, 6) is 0.392. The van der Waals surface area contributed by atoms with Crippen LogP contribution in [0.2, 0.25) is 5.02 Å². The number of nitrogens with zero attached hydrogens (tertiary/aromatic N) is 2. The maximum atomic E-state index is 12.1. The number of esters is 1. The molecule has 0 aliphatic heterocycles. The summed E-state index contributed by atoms with van der Waals surface area (Å²) in [5.41, 5.74) is 7.10. The third kappa shape index (κ3) is 6.72. The van der Waals surface area contributed by atoms with E-state index in [0.717, 1.165) is 76.1 Å². The summed E-state index contributed by atoms with van der Waals surface area (Å²) in [4.78, 5) is 21.2. The number of aromatic nitrogens is 2.